The van der Waals surface area contributed by atoms with Crippen LogP contribution in [-0.2, 0) is 11.2 Å². The average Bonchev–Trinajstić information content (AvgIpc) is 2.42. The molecule has 1 amide bonds. The Hall–Kier alpha value is -1.02. The number of hydrogen-bond acceptors (Lipinski definition) is 1. The van der Waals surface area contributed by atoms with E-state index in [2.05, 4.69) is 31.3 Å². The van der Waals surface area contributed by atoms with Crippen LogP contribution in [0.15, 0.2) is 18.2 Å². The normalized spacial score (nSPS) is 22.6. The fourth-order valence-corrected chi connectivity index (χ4v) is 3.00. The van der Waals surface area contributed by atoms with Crippen molar-refractivity contribution < 1.29 is 4.79 Å². The zero-order valence-electron chi connectivity index (χ0n) is 12.4. The average molecular weight is 294 g/mol. The SMILES string of the molecule is Cc1ccc(CC(=O)NCC2CCC(Cl)CC2)cc1C. The van der Waals surface area contributed by atoms with Gasteiger partial charge in [0, 0.05) is 11.9 Å². The minimum atomic E-state index is 0.126. The number of aryl methyl sites for hydroxylation is 2. The summed E-state index contributed by atoms with van der Waals surface area (Å²) < 4.78 is 0. The number of halogens is 1. The van der Waals surface area contributed by atoms with Gasteiger partial charge in [-0.1, -0.05) is 18.2 Å². The summed E-state index contributed by atoms with van der Waals surface area (Å²) in [7, 11) is 0. The third-order valence-corrected chi connectivity index (χ3v) is 4.74. The molecule has 1 aliphatic carbocycles. The van der Waals surface area contributed by atoms with Gasteiger partial charge in [0.05, 0.1) is 6.42 Å². The first kappa shape index (κ1) is 15.4. The molecule has 0 aliphatic heterocycles. The van der Waals surface area contributed by atoms with E-state index in [9.17, 15) is 4.79 Å². The van der Waals surface area contributed by atoms with Gasteiger partial charge < -0.3 is 5.32 Å². The number of hydrogen-bond donors (Lipinski definition) is 1. The molecule has 1 aliphatic rings. The van der Waals surface area contributed by atoms with Crippen LogP contribution in [0.3, 0.4) is 0 Å². The third kappa shape index (κ3) is 4.52. The molecule has 0 radical (unpaired) electrons. The van der Waals surface area contributed by atoms with Crippen molar-refractivity contribution in [2.75, 3.05) is 6.54 Å². The van der Waals surface area contributed by atoms with E-state index in [0.29, 0.717) is 17.7 Å². The van der Waals surface area contributed by atoms with E-state index in [1.165, 1.54) is 11.1 Å². The summed E-state index contributed by atoms with van der Waals surface area (Å²) in [4.78, 5) is 12.0. The third-order valence-electron chi connectivity index (χ3n) is 4.30. The number of alkyl halides is 1. The Morgan fingerprint density at radius 3 is 2.55 bits per heavy atom. The highest BCUT2D eigenvalue weighted by molar-refractivity contribution is 6.20. The predicted molar refractivity (Wildman–Crippen MR) is 84.2 cm³/mol. The minimum absolute atomic E-state index is 0.126. The van der Waals surface area contributed by atoms with Crippen molar-refractivity contribution in [3.63, 3.8) is 0 Å². The van der Waals surface area contributed by atoms with Gasteiger partial charge in [-0.15, -0.1) is 11.6 Å². The lowest BCUT2D eigenvalue weighted by Crippen LogP contribution is -2.32. The van der Waals surface area contributed by atoms with Gasteiger partial charge in [-0.25, -0.2) is 0 Å². The highest BCUT2D eigenvalue weighted by Gasteiger charge is 2.19. The lowest BCUT2D eigenvalue weighted by atomic mass is 9.89. The van der Waals surface area contributed by atoms with Gasteiger partial charge in [0.2, 0.25) is 5.91 Å². The van der Waals surface area contributed by atoms with E-state index in [-0.39, 0.29) is 5.91 Å². The van der Waals surface area contributed by atoms with E-state index in [4.69, 9.17) is 11.6 Å². The lowest BCUT2D eigenvalue weighted by Gasteiger charge is -2.25. The molecule has 0 heterocycles. The highest BCUT2D eigenvalue weighted by atomic mass is 35.5. The highest BCUT2D eigenvalue weighted by Crippen LogP contribution is 2.26. The summed E-state index contributed by atoms with van der Waals surface area (Å²) in [5.41, 5.74) is 3.61. The van der Waals surface area contributed by atoms with Crippen molar-refractivity contribution in [1.29, 1.82) is 0 Å². The molecule has 2 nitrogen and oxygen atoms in total. The Kier molecular flexibility index (Phi) is 5.47. The molecular weight excluding hydrogens is 270 g/mol. The van der Waals surface area contributed by atoms with Crippen LogP contribution in [0.4, 0.5) is 0 Å². The zero-order chi connectivity index (χ0) is 14.5. The van der Waals surface area contributed by atoms with Gasteiger partial charge in [0.25, 0.3) is 0 Å². The molecule has 0 spiro atoms. The fourth-order valence-electron chi connectivity index (χ4n) is 2.75. The molecule has 0 bridgehead atoms. The number of carbonyl (C=O) groups is 1. The number of amides is 1. The molecule has 2 rings (SSSR count). The second-order valence-corrected chi connectivity index (χ2v) is 6.63. The van der Waals surface area contributed by atoms with Gasteiger partial charge in [-0.3, -0.25) is 4.79 Å². The quantitative estimate of drug-likeness (QED) is 0.842. The fraction of sp³-hybridized carbons (Fsp3) is 0.588. The number of rotatable bonds is 4. The van der Waals surface area contributed by atoms with E-state index in [0.717, 1.165) is 37.8 Å². The summed E-state index contributed by atoms with van der Waals surface area (Å²) >= 11 is 6.09. The number of carbonyl (C=O) groups excluding carboxylic acids is 1. The van der Waals surface area contributed by atoms with Gasteiger partial charge >= 0.3 is 0 Å². The first-order valence-corrected chi connectivity index (χ1v) is 7.95. The van der Waals surface area contributed by atoms with Crippen LogP contribution in [0.1, 0.15) is 42.4 Å². The molecule has 1 aromatic rings. The van der Waals surface area contributed by atoms with E-state index >= 15 is 0 Å². The topological polar surface area (TPSA) is 29.1 Å². The van der Waals surface area contributed by atoms with Crippen LogP contribution in [0.2, 0.25) is 0 Å². The summed E-state index contributed by atoms with van der Waals surface area (Å²) in [6.07, 6.45) is 4.92. The first-order valence-electron chi connectivity index (χ1n) is 7.51. The van der Waals surface area contributed by atoms with Crippen molar-refractivity contribution >= 4 is 17.5 Å². The molecule has 110 valence electrons. The van der Waals surface area contributed by atoms with Crippen LogP contribution < -0.4 is 5.32 Å². The van der Waals surface area contributed by atoms with Crippen LogP contribution in [0.5, 0.6) is 0 Å². The van der Waals surface area contributed by atoms with E-state index in [1.807, 2.05) is 6.07 Å². The Bertz CT molecular complexity index is 464. The summed E-state index contributed by atoms with van der Waals surface area (Å²) in [5, 5.41) is 3.41. The monoisotopic (exact) mass is 293 g/mol. The Balaban J connectivity index is 1.76. The zero-order valence-corrected chi connectivity index (χ0v) is 13.2. The van der Waals surface area contributed by atoms with Gasteiger partial charge in [0.15, 0.2) is 0 Å². The maximum atomic E-state index is 12.0. The number of nitrogens with one attached hydrogen (secondary N) is 1. The maximum Gasteiger partial charge on any atom is 0.224 e. The molecule has 0 unspecified atom stereocenters. The van der Waals surface area contributed by atoms with Crippen LogP contribution in [0.25, 0.3) is 0 Å². The van der Waals surface area contributed by atoms with Crippen molar-refractivity contribution in [2.45, 2.75) is 51.3 Å². The minimum Gasteiger partial charge on any atom is -0.356 e. The molecular formula is C17H24ClNO. The van der Waals surface area contributed by atoms with Gasteiger partial charge in [-0.05, 0) is 62.1 Å². The molecule has 0 saturated heterocycles. The van der Waals surface area contributed by atoms with Gasteiger partial charge in [0.1, 0.15) is 0 Å². The molecule has 1 fully saturated rings. The second-order valence-electron chi connectivity index (χ2n) is 6.02. The van der Waals surface area contributed by atoms with E-state index < -0.39 is 0 Å². The first-order chi connectivity index (χ1) is 9.54. The summed E-state index contributed by atoms with van der Waals surface area (Å²) in [6, 6.07) is 6.23. The summed E-state index contributed by atoms with van der Waals surface area (Å²) in [5.74, 6) is 0.731. The summed E-state index contributed by atoms with van der Waals surface area (Å²) in [6.45, 7) is 4.97. The molecule has 0 aromatic heterocycles. The van der Waals surface area contributed by atoms with Gasteiger partial charge in [-0.2, -0.15) is 0 Å². The Morgan fingerprint density at radius 2 is 1.90 bits per heavy atom. The Labute approximate surface area is 126 Å². The molecule has 1 N–H and O–H groups in total. The molecule has 20 heavy (non-hydrogen) atoms. The molecule has 3 heteroatoms. The van der Waals surface area contributed by atoms with Crippen LogP contribution in [-0.4, -0.2) is 17.8 Å². The van der Waals surface area contributed by atoms with Crippen molar-refractivity contribution in [1.82, 2.24) is 5.32 Å². The maximum absolute atomic E-state index is 12.0. The standard InChI is InChI=1S/C17H24ClNO/c1-12-3-4-15(9-13(12)2)10-17(20)19-11-14-5-7-16(18)8-6-14/h3-4,9,14,16H,5-8,10-11H2,1-2H3,(H,19,20). The molecule has 1 saturated carbocycles. The van der Waals surface area contributed by atoms with E-state index in [1.54, 1.807) is 0 Å². The Morgan fingerprint density at radius 1 is 1.20 bits per heavy atom. The van der Waals surface area contributed by atoms with Crippen LogP contribution >= 0.6 is 11.6 Å². The largest absolute Gasteiger partial charge is 0.356 e. The smallest absolute Gasteiger partial charge is 0.224 e. The van der Waals surface area contributed by atoms with Crippen molar-refractivity contribution in [3.8, 4) is 0 Å². The lowest BCUT2D eigenvalue weighted by molar-refractivity contribution is -0.120. The number of benzene rings is 1. The van der Waals surface area contributed by atoms with Crippen molar-refractivity contribution in [3.05, 3.63) is 34.9 Å². The molecule has 1 aromatic carbocycles. The second kappa shape index (κ2) is 7.12. The predicted octanol–water partition coefficient (Wildman–Crippen LogP) is 3.76. The van der Waals surface area contributed by atoms with Crippen LogP contribution in [0, 0.1) is 19.8 Å². The molecule has 0 atom stereocenters. The van der Waals surface area contributed by atoms with Crippen molar-refractivity contribution in [2.24, 2.45) is 5.92 Å².